The molecule has 0 radical (unpaired) electrons. The predicted octanol–water partition coefficient (Wildman–Crippen LogP) is 0.797. The minimum absolute atomic E-state index is 0.0245. The fourth-order valence-corrected chi connectivity index (χ4v) is 3.65. The number of aliphatic carboxylic acids is 1. The fourth-order valence-electron chi connectivity index (χ4n) is 2.18. The third-order valence-corrected chi connectivity index (χ3v) is 4.96. The molecule has 0 spiro atoms. The van der Waals surface area contributed by atoms with Crippen molar-refractivity contribution in [1.29, 1.82) is 0 Å². The van der Waals surface area contributed by atoms with Gasteiger partial charge in [-0.15, -0.1) is 0 Å². The van der Waals surface area contributed by atoms with Gasteiger partial charge in [0.25, 0.3) is 0 Å². The van der Waals surface area contributed by atoms with E-state index in [0.717, 1.165) is 12.8 Å². The molecule has 17 heavy (non-hydrogen) atoms. The van der Waals surface area contributed by atoms with Crippen LogP contribution in [-0.2, 0) is 14.6 Å². The molecule has 100 valence electrons. The van der Waals surface area contributed by atoms with Gasteiger partial charge in [0, 0.05) is 11.8 Å². The van der Waals surface area contributed by atoms with Gasteiger partial charge in [-0.05, 0) is 32.1 Å². The van der Waals surface area contributed by atoms with E-state index < -0.39 is 21.8 Å². The third kappa shape index (κ3) is 5.04. The molecule has 1 aliphatic rings. The Labute approximate surface area is 103 Å². The smallest absolute Gasteiger partial charge is 0.320 e. The van der Waals surface area contributed by atoms with Gasteiger partial charge < -0.3 is 10.4 Å². The number of carboxylic acids is 1. The second-order valence-corrected chi connectivity index (χ2v) is 6.93. The van der Waals surface area contributed by atoms with E-state index in [0.29, 0.717) is 19.3 Å². The van der Waals surface area contributed by atoms with Gasteiger partial charge in [0.1, 0.15) is 15.9 Å². The van der Waals surface area contributed by atoms with Crippen molar-refractivity contribution in [2.75, 3.05) is 11.5 Å². The van der Waals surface area contributed by atoms with Crippen LogP contribution in [0, 0.1) is 0 Å². The number of hydrogen-bond donors (Lipinski definition) is 2. The lowest BCUT2D eigenvalue weighted by Crippen LogP contribution is -2.47. The van der Waals surface area contributed by atoms with Crippen LogP contribution < -0.4 is 5.32 Å². The van der Waals surface area contributed by atoms with Crippen molar-refractivity contribution in [3.8, 4) is 0 Å². The number of piperidine rings is 1. The van der Waals surface area contributed by atoms with Crippen LogP contribution in [0.2, 0.25) is 0 Å². The van der Waals surface area contributed by atoms with Crippen LogP contribution in [-0.4, -0.2) is 43.1 Å². The summed E-state index contributed by atoms with van der Waals surface area (Å²) in [5, 5.41) is 11.9. The highest BCUT2D eigenvalue weighted by atomic mass is 32.2. The second-order valence-electron chi connectivity index (χ2n) is 4.63. The van der Waals surface area contributed by atoms with E-state index in [9.17, 15) is 13.2 Å². The Morgan fingerprint density at radius 1 is 1.35 bits per heavy atom. The Morgan fingerprint density at radius 3 is 2.65 bits per heavy atom. The van der Waals surface area contributed by atoms with Gasteiger partial charge in [0.05, 0.1) is 5.75 Å². The van der Waals surface area contributed by atoms with E-state index in [4.69, 9.17) is 5.11 Å². The van der Waals surface area contributed by atoms with Crippen LogP contribution in [0.5, 0.6) is 0 Å². The molecule has 1 heterocycles. The maximum atomic E-state index is 11.5. The quantitative estimate of drug-likeness (QED) is 0.740. The summed E-state index contributed by atoms with van der Waals surface area (Å²) in [4.78, 5) is 10.8. The summed E-state index contributed by atoms with van der Waals surface area (Å²) in [6, 6.07) is -0.487. The summed E-state index contributed by atoms with van der Waals surface area (Å²) in [6.07, 6.45) is 3.51. The monoisotopic (exact) mass is 263 g/mol. The van der Waals surface area contributed by atoms with Crippen LogP contribution in [0.15, 0.2) is 0 Å². The van der Waals surface area contributed by atoms with Crippen molar-refractivity contribution in [2.24, 2.45) is 0 Å². The van der Waals surface area contributed by atoms with Crippen LogP contribution in [0.3, 0.4) is 0 Å². The first kappa shape index (κ1) is 14.4. The predicted molar refractivity (Wildman–Crippen MR) is 65.8 cm³/mol. The number of carboxylic acid groups (broad SMARTS) is 1. The minimum Gasteiger partial charge on any atom is -0.480 e. The summed E-state index contributed by atoms with van der Waals surface area (Å²) in [6.45, 7) is 1.84. The Morgan fingerprint density at radius 2 is 2.06 bits per heavy atom. The van der Waals surface area contributed by atoms with Gasteiger partial charge in [-0.1, -0.05) is 6.92 Å². The van der Waals surface area contributed by atoms with Crippen molar-refractivity contribution in [1.82, 2.24) is 5.32 Å². The zero-order chi connectivity index (χ0) is 12.9. The minimum atomic E-state index is -2.96. The van der Waals surface area contributed by atoms with Gasteiger partial charge in [-0.3, -0.25) is 4.79 Å². The third-order valence-electron chi connectivity index (χ3n) is 3.07. The van der Waals surface area contributed by atoms with Crippen LogP contribution in [0.1, 0.15) is 39.0 Å². The van der Waals surface area contributed by atoms with Gasteiger partial charge in [0.15, 0.2) is 0 Å². The average molecular weight is 263 g/mol. The zero-order valence-corrected chi connectivity index (χ0v) is 11.0. The van der Waals surface area contributed by atoms with Gasteiger partial charge >= 0.3 is 5.97 Å². The molecule has 1 fully saturated rings. The van der Waals surface area contributed by atoms with Crippen LogP contribution in [0.4, 0.5) is 0 Å². The molecule has 0 aromatic rings. The standard InChI is InChI=1S/C11H21NO4S/c1-2-7-17(15,16)8-6-9-4-3-5-10(12-9)11(13)14/h9-10,12H,2-8H2,1H3,(H,13,14). The largest absolute Gasteiger partial charge is 0.480 e. The lowest BCUT2D eigenvalue weighted by Gasteiger charge is -2.28. The SMILES string of the molecule is CCCS(=O)(=O)CCC1CCCC(C(=O)O)N1. The average Bonchev–Trinajstić information content (AvgIpc) is 2.27. The number of hydrogen-bond acceptors (Lipinski definition) is 4. The Hall–Kier alpha value is -0.620. The molecule has 0 aliphatic carbocycles. The molecule has 0 aromatic carbocycles. The van der Waals surface area contributed by atoms with Gasteiger partial charge in [-0.25, -0.2) is 8.42 Å². The fraction of sp³-hybridized carbons (Fsp3) is 0.909. The maximum Gasteiger partial charge on any atom is 0.320 e. The van der Waals surface area contributed by atoms with Crippen LogP contribution >= 0.6 is 0 Å². The summed E-state index contributed by atoms with van der Waals surface area (Å²) in [5.74, 6) is -0.460. The maximum absolute atomic E-state index is 11.5. The van der Waals surface area contributed by atoms with Crippen molar-refractivity contribution in [3.63, 3.8) is 0 Å². The molecule has 2 atom stereocenters. The lowest BCUT2D eigenvalue weighted by molar-refractivity contribution is -0.140. The van der Waals surface area contributed by atoms with Crippen molar-refractivity contribution in [3.05, 3.63) is 0 Å². The van der Waals surface area contributed by atoms with E-state index >= 15 is 0 Å². The van der Waals surface area contributed by atoms with Crippen molar-refractivity contribution in [2.45, 2.75) is 51.1 Å². The van der Waals surface area contributed by atoms with E-state index in [-0.39, 0.29) is 17.5 Å². The van der Waals surface area contributed by atoms with Crippen molar-refractivity contribution >= 4 is 15.8 Å². The first-order chi connectivity index (χ1) is 7.94. The molecular weight excluding hydrogens is 242 g/mol. The van der Waals surface area contributed by atoms with E-state index in [1.807, 2.05) is 6.92 Å². The summed E-state index contributed by atoms with van der Waals surface area (Å²) < 4.78 is 23.1. The Kier molecular flexibility index (Phi) is 5.39. The Bertz CT molecular complexity index is 352. The van der Waals surface area contributed by atoms with Gasteiger partial charge in [-0.2, -0.15) is 0 Å². The summed E-state index contributed by atoms with van der Waals surface area (Å²) >= 11 is 0. The van der Waals surface area contributed by atoms with Gasteiger partial charge in [0.2, 0.25) is 0 Å². The normalized spacial score (nSPS) is 25.7. The molecule has 2 N–H and O–H groups in total. The molecule has 2 unspecified atom stereocenters. The Balaban J connectivity index is 2.39. The molecule has 0 amide bonds. The molecule has 1 rings (SSSR count). The molecule has 6 heteroatoms. The zero-order valence-electron chi connectivity index (χ0n) is 10.2. The number of rotatable bonds is 6. The van der Waals surface area contributed by atoms with Crippen LogP contribution in [0.25, 0.3) is 0 Å². The van der Waals surface area contributed by atoms with E-state index in [1.165, 1.54) is 0 Å². The van der Waals surface area contributed by atoms with E-state index in [2.05, 4.69) is 5.32 Å². The topological polar surface area (TPSA) is 83.5 Å². The van der Waals surface area contributed by atoms with Crippen molar-refractivity contribution < 1.29 is 18.3 Å². The molecular formula is C11H21NO4S. The molecule has 1 saturated heterocycles. The first-order valence-electron chi connectivity index (χ1n) is 6.14. The highest BCUT2D eigenvalue weighted by Gasteiger charge is 2.26. The molecule has 0 saturated carbocycles. The second kappa shape index (κ2) is 6.35. The van der Waals surface area contributed by atoms with E-state index in [1.54, 1.807) is 0 Å². The lowest BCUT2D eigenvalue weighted by atomic mass is 9.97. The number of carbonyl (C=O) groups is 1. The number of nitrogens with one attached hydrogen (secondary N) is 1. The highest BCUT2D eigenvalue weighted by molar-refractivity contribution is 7.91. The molecule has 0 aromatic heterocycles. The molecule has 5 nitrogen and oxygen atoms in total. The first-order valence-corrected chi connectivity index (χ1v) is 7.96. The summed E-state index contributed by atoms with van der Waals surface area (Å²) in [5.41, 5.74) is 0. The highest BCUT2D eigenvalue weighted by Crippen LogP contribution is 2.16. The molecule has 0 bridgehead atoms. The summed E-state index contributed by atoms with van der Waals surface area (Å²) in [7, 11) is -2.96. The number of sulfone groups is 1. The molecule has 1 aliphatic heterocycles.